The predicted octanol–water partition coefficient (Wildman–Crippen LogP) is 2.21. The number of hydrogen-bond donors (Lipinski definition) is 2. The third kappa shape index (κ3) is 7.17. The molecule has 1 aliphatic heterocycles. The topological polar surface area (TPSA) is 87.7 Å². The molecule has 0 aliphatic carbocycles. The van der Waals surface area contributed by atoms with Crippen molar-refractivity contribution in [2.45, 2.75) is 39.2 Å². The summed E-state index contributed by atoms with van der Waals surface area (Å²) in [6.07, 6.45) is 2.79. The molecule has 0 aromatic heterocycles. The van der Waals surface area contributed by atoms with Crippen LogP contribution in [0.4, 0.5) is 9.18 Å². The number of nitrogens with zero attached hydrogens (tertiary/aromatic N) is 1. The molecule has 1 aliphatic rings. The van der Waals surface area contributed by atoms with Gasteiger partial charge >= 0.3 is 12.0 Å². The van der Waals surface area contributed by atoms with Crippen LogP contribution < -0.4 is 10.6 Å². The predicted molar refractivity (Wildman–Crippen MR) is 102 cm³/mol. The molecule has 7 nitrogen and oxygen atoms in total. The van der Waals surface area contributed by atoms with Crippen LogP contribution >= 0.6 is 0 Å². The van der Waals surface area contributed by atoms with E-state index >= 15 is 0 Å². The lowest BCUT2D eigenvalue weighted by Crippen LogP contribution is -2.47. The molecule has 0 radical (unpaired) electrons. The Kier molecular flexibility index (Phi) is 8.71. The number of carbonyl (C=O) groups excluding carboxylic acids is 3. The van der Waals surface area contributed by atoms with E-state index in [1.54, 1.807) is 30.0 Å². The Morgan fingerprint density at radius 3 is 2.79 bits per heavy atom. The lowest BCUT2D eigenvalue weighted by atomic mass is 9.93. The summed E-state index contributed by atoms with van der Waals surface area (Å²) in [5.41, 5.74) is 0.456. The summed E-state index contributed by atoms with van der Waals surface area (Å²) in [5, 5.41) is 5.30. The fourth-order valence-corrected chi connectivity index (χ4v) is 3.22. The molecule has 1 atom stereocenters. The van der Waals surface area contributed by atoms with Crippen LogP contribution in [0.1, 0.15) is 38.2 Å². The van der Waals surface area contributed by atoms with Crippen LogP contribution in [0.3, 0.4) is 0 Å². The molecule has 0 bridgehead atoms. The molecule has 1 aromatic carbocycles. The molecule has 28 heavy (non-hydrogen) atoms. The number of urea groups is 1. The van der Waals surface area contributed by atoms with E-state index in [0.29, 0.717) is 31.5 Å². The summed E-state index contributed by atoms with van der Waals surface area (Å²) in [7, 11) is 0. The van der Waals surface area contributed by atoms with Gasteiger partial charge in [-0.1, -0.05) is 18.2 Å². The van der Waals surface area contributed by atoms with E-state index in [1.165, 1.54) is 6.07 Å². The van der Waals surface area contributed by atoms with Crippen molar-refractivity contribution < 1.29 is 23.5 Å². The number of carbonyl (C=O) groups is 3. The highest BCUT2D eigenvalue weighted by Gasteiger charge is 2.24. The minimum absolute atomic E-state index is 0.132. The molecule has 2 rings (SSSR count). The Morgan fingerprint density at radius 2 is 2.04 bits per heavy atom. The van der Waals surface area contributed by atoms with E-state index in [4.69, 9.17) is 4.74 Å². The lowest BCUT2D eigenvalue weighted by Gasteiger charge is -2.32. The van der Waals surface area contributed by atoms with E-state index in [-0.39, 0.29) is 43.4 Å². The molecule has 2 N–H and O–H groups in total. The highest BCUT2D eigenvalue weighted by Crippen LogP contribution is 2.21. The molecule has 0 saturated carbocycles. The number of rotatable bonds is 8. The first-order chi connectivity index (χ1) is 13.5. The molecule has 1 saturated heterocycles. The van der Waals surface area contributed by atoms with Crippen LogP contribution in [-0.4, -0.2) is 49.0 Å². The minimum Gasteiger partial charge on any atom is -0.465 e. The molecular formula is C20H28FN3O4. The highest BCUT2D eigenvalue weighted by molar-refractivity contribution is 5.81. The number of amides is 3. The first kappa shape index (κ1) is 21.7. The fraction of sp³-hybridized carbons (Fsp3) is 0.550. The number of halogens is 1. The van der Waals surface area contributed by atoms with Crippen molar-refractivity contribution in [2.75, 3.05) is 26.2 Å². The second-order valence-corrected chi connectivity index (χ2v) is 6.82. The van der Waals surface area contributed by atoms with E-state index in [1.807, 2.05) is 0 Å². The van der Waals surface area contributed by atoms with Crippen LogP contribution in [0.15, 0.2) is 24.3 Å². The van der Waals surface area contributed by atoms with E-state index < -0.39 is 5.97 Å². The summed E-state index contributed by atoms with van der Waals surface area (Å²) in [6, 6.07) is 6.06. The van der Waals surface area contributed by atoms with Crippen molar-refractivity contribution in [2.24, 2.45) is 5.92 Å². The Hall–Kier alpha value is -2.64. The maximum Gasteiger partial charge on any atom is 0.325 e. The summed E-state index contributed by atoms with van der Waals surface area (Å²) in [6.45, 7) is 3.19. The van der Waals surface area contributed by atoms with Gasteiger partial charge in [0.1, 0.15) is 12.4 Å². The molecule has 8 heteroatoms. The van der Waals surface area contributed by atoms with Gasteiger partial charge in [-0.05, 0) is 38.2 Å². The van der Waals surface area contributed by atoms with Crippen molar-refractivity contribution >= 4 is 17.9 Å². The van der Waals surface area contributed by atoms with Crippen LogP contribution in [0, 0.1) is 11.7 Å². The van der Waals surface area contributed by atoms with E-state index in [9.17, 15) is 18.8 Å². The average Bonchev–Trinajstić information content (AvgIpc) is 2.70. The highest BCUT2D eigenvalue weighted by atomic mass is 19.1. The van der Waals surface area contributed by atoms with Gasteiger partial charge in [-0.25, -0.2) is 9.18 Å². The van der Waals surface area contributed by atoms with Gasteiger partial charge < -0.3 is 20.3 Å². The number of esters is 1. The fourth-order valence-electron chi connectivity index (χ4n) is 3.22. The zero-order valence-corrected chi connectivity index (χ0v) is 16.2. The largest absolute Gasteiger partial charge is 0.465 e. The maximum atomic E-state index is 13.6. The van der Waals surface area contributed by atoms with Crippen molar-refractivity contribution in [3.63, 3.8) is 0 Å². The Labute approximate surface area is 164 Å². The third-order valence-electron chi connectivity index (χ3n) is 4.71. The third-order valence-corrected chi connectivity index (χ3v) is 4.71. The Balaban J connectivity index is 1.69. The van der Waals surface area contributed by atoms with Crippen LogP contribution in [0.2, 0.25) is 0 Å². The van der Waals surface area contributed by atoms with Crippen LogP contribution in [0.25, 0.3) is 0 Å². The normalized spacial score (nSPS) is 16.4. The number of piperidine rings is 1. The Morgan fingerprint density at radius 1 is 1.25 bits per heavy atom. The number of benzene rings is 1. The Bertz CT molecular complexity index is 683. The molecular weight excluding hydrogens is 365 g/mol. The molecule has 3 amide bonds. The zero-order chi connectivity index (χ0) is 20.4. The maximum absolute atomic E-state index is 13.6. The van der Waals surface area contributed by atoms with E-state index in [0.717, 1.165) is 12.8 Å². The molecule has 154 valence electrons. The zero-order valence-electron chi connectivity index (χ0n) is 16.2. The molecule has 1 fully saturated rings. The van der Waals surface area contributed by atoms with Gasteiger partial charge in [-0.15, -0.1) is 0 Å². The van der Waals surface area contributed by atoms with Crippen molar-refractivity contribution in [3.8, 4) is 0 Å². The van der Waals surface area contributed by atoms with Crippen molar-refractivity contribution in [1.82, 2.24) is 15.5 Å². The summed E-state index contributed by atoms with van der Waals surface area (Å²) in [5.74, 6) is -0.705. The first-order valence-electron chi connectivity index (χ1n) is 9.68. The number of likely N-dealkylation sites (tertiary alicyclic amines) is 1. The van der Waals surface area contributed by atoms with Crippen molar-refractivity contribution in [3.05, 3.63) is 35.6 Å². The summed E-state index contributed by atoms with van der Waals surface area (Å²) in [4.78, 5) is 37.2. The summed E-state index contributed by atoms with van der Waals surface area (Å²) >= 11 is 0. The minimum atomic E-state index is -0.462. The van der Waals surface area contributed by atoms with E-state index in [2.05, 4.69) is 10.6 Å². The number of nitrogens with one attached hydrogen (secondary N) is 2. The second kappa shape index (κ2) is 11.3. The average molecular weight is 393 g/mol. The van der Waals surface area contributed by atoms with Gasteiger partial charge in [0, 0.05) is 31.6 Å². The molecule has 0 spiro atoms. The van der Waals surface area contributed by atoms with Gasteiger partial charge in [-0.3, -0.25) is 9.59 Å². The smallest absolute Gasteiger partial charge is 0.325 e. The van der Waals surface area contributed by atoms with Gasteiger partial charge in [-0.2, -0.15) is 0 Å². The van der Waals surface area contributed by atoms with Crippen LogP contribution in [0.5, 0.6) is 0 Å². The summed E-state index contributed by atoms with van der Waals surface area (Å²) < 4.78 is 18.4. The molecule has 1 unspecified atom stereocenters. The first-order valence-corrected chi connectivity index (χ1v) is 9.68. The van der Waals surface area contributed by atoms with Gasteiger partial charge in [0.25, 0.3) is 0 Å². The van der Waals surface area contributed by atoms with Gasteiger partial charge in [0.05, 0.1) is 6.61 Å². The quantitative estimate of drug-likeness (QED) is 0.663. The number of hydrogen-bond acceptors (Lipinski definition) is 4. The molecule has 1 heterocycles. The molecule has 1 aromatic rings. The van der Waals surface area contributed by atoms with Crippen molar-refractivity contribution in [1.29, 1.82) is 0 Å². The number of ether oxygens (including phenoxy) is 1. The standard InChI is InChI=1S/C20H28FN3O4/c1-2-28-19(26)13-23-20(27)24-11-5-6-15(14-24)9-10-18(25)22-12-16-7-3-4-8-17(16)21/h3-4,7-8,15H,2,5-6,9-14H2,1H3,(H,22,25)(H,23,27). The lowest BCUT2D eigenvalue weighted by molar-refractivity contribution is -0.141. The monoisotopic (exact) mass is 393 g/mol. The van der Waals surface area contributed by atoms with Gasteiger partial charge in [0.2, 0.25) is 5.91 Å². The SMILES string of the molecule is CCOC(=O)CNC(=O)N1CCCC(CCC(=O)NCc2ccccc2F)C1. The van der Waals surface area contributed by atoms with Gasteiger partial charge in [0.15, 0.2) is 0 Å². The van der Waals surface area contributed by atoms with Crippen LogP contribution in [-0.2, 0) is 20.9 Å². The second-order valence-electron chi connectivity index (χ2n) is 6.82.